The second-order valence-corrected chi connectivity index (χ2v) is 7.48. The van der Waals surface area contributed by atoms with Crippen molar-refractivity contribution in [1.29, 1.82) is 0 Å². The van der Waals surface area contributed by atoms with E-state index in [4.69, 9.17) is 23.7 Å². The Bertz CT molecular complexity index is 397. The van der Waals surface area contributed by atoms with Gasteiger partial charge in [-0.05, 0) is 19.8 Å². The zero-order chi connectivity index (χ0) is 22.1. The van der Waals surface area contributed by atoms with E-state index in [1.54, 1.807) is 0 Å². The SMILES string of the molecule is CCCCCC(C)NCCOCCOCCOCCOCCOCC#CC(C)CC. The van der Waals surface area contributed by atoms with E-state index >= 15 is 0 Å². The van der Waals surface area contributed by atoms with Gasteiger partial charge in [-0.2, -0.15) is 0 Å². The second kappa shape index (κ2) is 24.6. The first-order valence-electron chi connectivity index (χ1n) is 11.8. The van der Waals surface area contributed by atoms with Crippen molar-refractivity contribution in [3.05, 3.63) is 0 Å². The number of nitrogens with one attached hydrogen (secondary N) is 1. The maximum atomic E-state index is 5.57. The maximum absolute atomic E-state index is 5.57. The maximum Gasteiger partial charge on any atom is 0.107 e. The molecule has 2 atom stereocenters. The van der Waals surface area contributed by atoms with E-state index in [0.717, 1.165) is 19.6 Å². The van der Waals surface area contributed by atoms with Gasteiger partial charge in [-0.1, -0.05) is 51.9 Å². The van der Waals surface area contributed by atoms with E-state index in [1.807, 2.05) is 0 Å². The molecule has 0 aromatic rings. The molecule has 0 rings (SSSR count). The fourth-order valence-electron chi connectivity index (χ4n) is 2.50. The Kier molecular flexibility index (Phi) is 24.0. The summed E-state index contributed by atoms with van der Waals surface area (Å²) in [4.78, 5) is 0. The van der Waals surface area contributed by atoms with Crippen molar-refractivity contribution in [3.8, 4) is 11.8 Å². The third kappa shape index (κ3) is 23.6. The molecule has 0 fully saturated rings. The summed E-state index contributed by atoms with van der Waals surface area (Å²) in [6.45, 7) is 15.4. The summed E-state index contributed by atoms with van der Waals surface area (Å²) in [6.07, 6.45) is 6.21. The molecule has 6 heteroatoms. The van der Waals surface area contributed by atoms with Crippen LogP contribution in [0.3, 0.4) is 0 Å². The van der Waals surface area contributed by atoms with Crippen LogP contribution in [0.5, 0.6) is 0 Å². The summed E-state index contributed by atoms with van der Waals surface area (Å²) in [7, 11) is 0. The molecule has 1 N–H and O–H groups in total. The molecule has 0 amide bonds. The van der Waals surface area contributed by atoms with Gasteiger partial charge in [-0.15, -0.1) is 0 Å². The first-order chi connectivity index (χ1) is 14.7. The Morgan fingerprint density at radius 1 is 0.700 bits per heavy atom. The highest BCUT2D eigenvalue weighted by atomic mass is 16.6. The van der Waals surface area contributed by atoms with E-state index in [0.29, 0.717) is 71.4 Å². The average molecular weight is 430 g/mol. The molecular weight excluding hydrogens is 382 g/mol. The van der Waals surface area contributed by atoms with E-state index < -0.39 is 0 Å². The van der Waals surface area contributed by atoms with Crippen molar-refractivity contribution in [3.63, 3.8) is 0 Å². The molecule has 0 spiro atoms. The standard InChI is InChI=1S/C24H47NO5/c1-5-7-8-11-24(4)25-12-14-27-16-18-29-20-22-30-21-19-28-17-15-26-13-9-10-23(3)6-2/h23-25H,5-8,11-22H2,1-4H3. The van der Waals surface area contributed by atoms with Gasteiger partial charge >= 0.3 is 0 Å². The largest absolute Gasteiger partial charge is 0.378 e. The molecule has 0 aliphatic heterocycles. The van der Waals surface area contributed by atoms with E-state index in [2.05, 4.69) is 44.9 Å². The minimum Gasteiger partial charge on any atom is -0.378 e. The van der Waals surface area contributed by atoms with Crippen molar-refractivity contribution < 1.29 is 23.7 Å². The van der Waals surface area contributed by atoms with Gasteiger partial charge in [0, 0.05) is 18.5 Å². The van der Waals surface area contributed by atoms with Crippen molar-refractivity contribution in [1.82, 2.24) is 5.32 Å². The molecule has 0 saturated carbocycles. The van der Waals surface area contributed by atoms with Crippen LogP contribution in [0.1, 0.15) is 59.8 Å². The van der Waals surface area contributed by atoms with Crippen LogP contribution < -0.4 is 5.32 Å². The Morgan fingerprint density at radius 3 is 1.77 bits per heavy atom. The molecular formula is C24H47NO5. The number of unbranched alkanes of at least 4 members (excludes halogenated alkanes) is 2. The lowest BCUT2D eigenvalue weighted by Crippen LogP contribution is -2.29. The van der Waals surface area contributed by atoms with Crippen LogP contribution >= 0.6 is 0 Å². The molecule has 0 aromatic carbocycles. The van der Waals surface area contributed by atoms with E-state index in [9.17, 15) is 0 Å². The highest BCUT2D eigenvalue weighted by Gasteiger charge is 2.00. The molecule has 0 aliphatic carbocycles. The van der Waals surface area contributed by atoms with Crippen LogP contribution in [-0.4, -0.2) is 78.7 Å². The Morgan fingerprint density at radius 2 is 1.23 bits per heavy atom. The van der Waals surface area contributed by atoms with Crippen molar-refractivity contribution in [2.24, 2.45) is 5.92 Å². The molecule has 0 saturated heterocycles. The fourth-order valence-corrected chi connectivity index (χ4v) is 2.50. The highest BCUT2D eigenvalue weighted by Crippen LogP contribution is 2.02. The number of hydrogen-bond acceptors (Lipinski definition) is 6. The van der Waals surface area contributed by atoms with Gasteiger partial charge in [-0.3, -0.25) is 0 Å². The van der Waals surface area contributed by atoms with E-state index in [1.165, 1.54) is 25.7 Å². The Balaban J connectivity index is 3.13. The van der Waals surface area contributed by atoms with Gasteiger partial charge in [0.05, 0.1) is 59.5 Å². The predicted octanol–water partition coefficient (Wildman–Crippen LogP) is 3.68. The quantitative estimate of drug-likeness (QED) is 0.209. The summed E-state index contributed by atoms with van der Waals surface area (Å²) in [6, 6.07) is 0.568. The lowest BCUT2D eigenvalue weighted by Gasteiger charge is -2.13. The van der Waals surface area contributed by atoms with Gasteiger partial charge in [0.2, 0.25) is 0 Å². The average Bonchev–Trinajstić information content (AvgIpc) is 2.75. The molecule has 2 unspecified atom stereocenters. The van der Waals surface area contributed by atoms with E-state index in [-0.39, 0.29) is 0 Å². The van der Waals surface area contributed by atoms with Crippen molar-refractivity contribution >= 4 is 0 Å². The Labute approximate surface area is 185 Å². The molecule has 0 heterocycles. The van der Waals surface area contributed by atoms with Crippen LogP contribution in [0.2, 0.25) is 0 Å². The number of hydrogen-bond donors (Lipinski definition) is 1. The lowest BCUT2D eigenvalue weighted by atomic mass is 10.1. The Hall–Kier alpha value is -0.680. The van der Waals surface area contributed by atoms with Gasteiger partial charge in [0.15, 0.2) is 0 Å². The molecule has 30 heavy (non-hydrogen) atoms. The number of ether oxygens (including phenoxy) is 5. The monoisotopic (exact) mass is 429 g/mol. The fraction of sp³-hybridized carbons (Fsp3) is 0.917. The van der Waals surface area contributed by atoms with Crippen molar-refractivity contribution in [2.75, 3.05) is 72.6 Å². The summed E-state index contributed by atoms with van der Waals surface area (Å²) in [5.41, 5.74) is 0. The van der Waals surface area contributed by atoms with Crippen LogP contribution in [0.25, 0.3) is 0 Å². The van der Waals surface area contributed by atoms with Crippen LogP contribution in [0, 0.1) is 17.8 Å². The molecule has 0 bridgehead atoms. The molecule has 6 nitrogen and oxygen atoms in total. The number of rotatable bonds is 22. The minimum atomic E-state index is 0.439. The summed E-state index contributed by atoms with van der Waals surface area (Å²) in [5, 5.41) is 3.49. The molecule has 0 aromatic heterocycles. The molecule has 178 valence electrons. The molecule has 0 aliphatic rings. The minimum absolute atomic E-state index is 0.439. The van der Waals surface area contributed by atoms with Crippen LogP contribution in [0.15, 0.2) is 0 Å². The van der Waals surface area contributed by atoms with Gasteiger partial charge < -0.3 is 29.0 Å². The smallest absolute Gasteiger partial charge is 0.107 e. The predicted molar refractivity (Wildman–Crippen MR) is 123 cm³/mol. The third-order valence-corrected chi connectivity index (χ3v) is 4.60. The first kappa shape index (κ1) is 29.3. The normalized spacial score (nSPS) is 13.1. The van der Waals surface area contributed by atoms with Crippen molar-refractivity contribution in [2.45, 2.75) is 65.8 Å². The summed E-state index contributed by atoms with van der Waals surface area (Å²) >= 11 is 0. The lowest BCUT2D eigenvalue weighted by molar-refractivity contribution is -0.00897. The van der Waals surface area contributed by atoms with Crippen LogP contribution in [0.4, 0.5) is 0 Å². The first-order valence-corrected chi connectivity index (χ1v) is 11.8. The van der Waals surface area contributed by atoms with Crippen LogP contribution in [-0.2, 0) is 23.7 Å². The zero-order valence-corrected chi connectivity index (χ0v) is 20.0. The van der Waals surface area contributed by atoms with Gasteiger partial charge in [0.25, 0.3) is 0 Å². The zero-order valence-electron chi connectivity index (χ0n) is 20.0. The second-order valence-electron chi connectivity index (χ2n) is 7.48. The van der Waals surface area contributed by atoms with Gasteiger partial charge in [0.1, 0.15) is 6.61 Å². The topological polar surface area (TPSA) is 58.2 Å². The summed E-state index contributed by atoms with van der Waals surface area (Å²) < 4.78 is 27.4. The highest BCUT2D eigenvalue weighted by molar-refractivity contribution is 5.02. The molecule has 0 radical (unpaired) electrons. The summed E-state index contributed by atoms with van der Waals surface area (Å²) in [5.74, 6) is 6.60. The van der Waals surface area contributed by atoms with Gasteiger partial charge in [-0.25, -0.2) is 0 Å². The third-order valence-electron chi connectivity index (χ3n) is 4.60.